The summed E-state index contributed by atoms with van der Waals surface area (Å²) < 4.78 is 2.56. The molecule has 2 fully saturated rings. The van der Waals surface area contributed by atoms with Crippen molar-refractivity contribution in [2.24, 2.45) is 5.41 Å². The molecule has 6 nitrogen and oxygen atoms in total. The van der Waals surface area contributed by atoms with Crippen LogP contribution in [0.4, 0.5) is 5.69 Å². The number of aliphatic hydroxyl groups is 1. The van der Waals surface area contributed by atoms with Crippen molar-refractivity contribution in [3.63, 3.8) is 0 Å². The molecule has 1 aliphatic heterocycles. The first-order valence-corrected chi connectivity index (χ1v) is 12.5. The first-order chi connectivity index (χ1) is 16.6. The van der Waals surface area contributed by atoms with E-state index in [1.807, 2.05) is 20.8 Å². The lowest BCUT2D eigenvalue weighted by atomic mass is 9.68. The zero-order valence-corrected chi connectivity index (χ0v) is 20.5. The molecule has 1 aromatic heterocycles. The van der Waals surface area contributed by atoms with Crippen LogP contribution in [0.3, 0.4) is 0 Å². The lowest BCUT2D eigenvalue weighted by Crippen LogP contribution is -2.54. The van der Waals surface area contributed by atoms with Gasteiger partial charge in [-0.1, -0.05) is 30.3 Å². The average Bonchev–Trinajstić information content (AvgIpc) is 3.21. The second-order valence-electron chi connectivity index (χ2n) is 9.99. The molecule has 0 radical (unpaired) electrons. The van der Waals surface area contributed by atoms with Crippen molar-refractivity contribution in [2.75, 3.05) is 25.5 Å². The molecule has 0 amide bonds. The Morgan fingerprint density at radius 2 is 1.88 bits per heavy atom. The van der Waals surface area contributed by atoms with Crippen molar-refractivity contribution < 1.29 is 9.90 Å². The van der Waals surface area contributed by atoms with Gasteiger partial charge in [0.2, 0.25) is 0 Å². The van der Waals surface area contributed by atoms with Gasteiger partial charge in [-0.3, -0.25) is 0 Å². The number of anilines is 1. The van der Waals surface area contributed by atoms with Crippen LogP contribution in [0.15, 0.2) is 42.5 Å². The number of aromatic nitrogens is 2. The van der Waals surface area contributed by atoms with Crippen molar-refractivity contribution in [3.8, 4) is 0 Å². The van der Waals surface area contributed by atoms with Gasteiger partial charge >= 0.3 is 0 Å². The first-order valence-electron chi connectivity index (χ1n) is 12.5. The van der Waals surface area contributed by atoms with Crippen LogP contribution >= 0.6 is 0 Å². The maximum atomic E-state index is 9.93. The summed E-state index contributed by atoms with van der Waals surface area (Å²) in [7, 11) is 1.97. The molecular weight excluding hydrogens is 424 g/mol. The smallest absolute Gasteiger partial charge is 0.114 e. The van der Waals surface area contributed by atoms with Crippen LogP contribution in [-0.4, -0.2) is 47.7 Å². The average molecular weight is 463 g/mol. The second-order valence-corrected chi connectivity index (χ2v) is 9.99. The number of rotatable bonds is 7. The van der Waals surface area contributed by atoms with E-state index in [1.54, 1.807) is 0 Å². The lowest BCUT2D eigenvalue weighted by molar-refractivity contribution is -0.0980. The molecule has 1 unspecified atom stereocenters. The van der Waals surface area contributed by atoms with Gasteiger partial charge in [0, 0.05) is 43.9 Å². The molecule has 1 atom stereocenters. The SMILES string of the molecule is C=O.CNc1ccc2c(nc(Cc3ccccc3)n2C2CCC3(CC2)CNC3)c1CCC(C)O. The van der Waals surface area contributed by atoms with Gasteiger partial charge in [-0.15, -0.1) is 0 Å². The predicted octanol–water partition coefficient (Wildman–Crippen LogP) is 4.50. The first kappa shape index (κ1) is 24.4. The highest BCUT2D eigenvalue weighted by molar-refractivity contribution is 5.85. The molecule has 182 valence electrons. The van der Waals surface area contributed by atoms with Crippen molar-refractivity contribution >= 4 is 23.5 Å². The summed E-state index contributed by atoms with van der Waals surface area (Å²) in [5.74, 6) is 1.17. The number of nitrogens with one attached hydrogen (secondary N) is 2. The Hall–Kier alpha value is -2.70. The molecule has 1 saturated heterocycles. The highest BCUT2D eigenvalue weighted by atomic mass is 16.3. The minimum atomic E-state index is -0.313. The van der Waals surface area contributed by atoms with Crippen LogP contribution in [0.2, 0.25) is 0 Å². The third kappa shape index (κ3) is 4.89. The summed E-state index contributed by atoms with van der Waals surface area (Å²) in [6.45, 7) is 6.25. The summed E-state index contributed by atoms with van der Waals surface area (Å²) in [5, 5.41) is 16.8. The van der Waals surface area contributed by atoms with E-state index < -0.39 is 0 Å². The quantitative estimate of drug-likeness (QED) is 0.482. The van der Waals surface area contributed by atoms with Crippen molar-refractivity contribution in [3.05, 3.63) is 59.4 Å². The summed E-state index contributed by atoms with van der Waals surface area (Å²) in [6, 6.07) is 15.7. The van der Waals surface area contributed by atoms with Crippen LogP contribution in [0.1, 0.15) is 62.0 Å². The number of nitrogens with zero attached hydrogens (tertiary/aromatic N) is 2. The Morgan fingerprint density at radius 3 is 2.47 bits per heavy atom. The number of fused-ring (bicyclic) bond motifs is 1. The molecule has 1 aliphatic carbocycles. The molecule has 2 aromatic carbocycles. The van der Waals surface area contributed by atoms with Crippen molar-refractivity contribution in [1.29, 1.82) is 0 Å². The zero-order chi connectivity index (χ0) is 24.1. The summed E-state index contributed by atoms with van der Waals surface area (Å²) in [6.07, 6.45) is 7.17. The van der Waals surface area contributed by atoms with E-state index in [4.69, 9.17) is 9.78 Å². The number of hydrogen-bond donors (Lipinski definition) is 3. The fourth-order valence-corrected chi connectivity index (χ4v) is 5.72. The Labute approximate surface area is 202 Å². The third-order valence-corrected chi connectivity index (χ3v) is 7.71. The molecule has 1 spiro atoms. The number of aryl methyl sites for hydroxylation is 1. The molecule has 3 N–H and O–H groups in total. The third-order valence-electron chi connectivity index (χ3n) is 7.71. The number of carbonyl (C=O) groups excluding carboxylic acids is 1. The van der Waals surface area contributed by atoms with Crippen molar-refractivity contribution in [2.45, 2.75) is 64.0 Å². The second kappa shape index (κ2) is 10.7. The molecule has 34 heavy (non-hydrogen) atoms. The largest absolute Gasteiger partial charge is 0.393 e. The van der Waals surface area contributed by atoms with E-state index in [0.29, 0.717) is 11.5 Å². The number of benzene rings is 2. The molecule has 1 saturated carbocycles. The van der Waals surface area contributed by atoms with Gasteiger partial charge in [0.25, 0.3) is 0 Å². The minimum Gasteiger partial charge on any atom is -0.393 e. The highest BCUT2D eigenvalue weighted by Crippen LogP contribution is 2.45. The molecule has 2 aliphatic rings. The summed E-state index contributed by atoms with van der Waals surface area (Å²) in [5.41, 5.74) is 6.57. The van der Waals surface area contributed by atoms with E-state index in [-0.39, 0.29) is 6.10 Å². The van der Waals surface area contributed by atoms with Crippen LogP contribution < -0.4 is 10.6 Å². The van der Waals surface area contributed by atoms with E-state index >= 15 is 0 Å². The van der Waals surface area contributed by atoms with Gasteiger partial charge in [-0.25, -0.2) is 4.98 Å². The number of imidazole rings is 1. The van der Waals surface area contributed by atoms with Gasteiger partial charge in [0.05, 0.1) is 17.1 Å². The molecule has 5 rings (SSSR count). The number of carbonyl (C=O) groups is 1. The Kier molecular flexibility index (Phi) is 7.69. The fourth-order valence-electron chi connectivity index (χ4n) is 5.72. The van der Waals surface area contributed by atoms with Crippen LogP contribution in [0, 0.1) is 5.41 Å². The van der Waals surface area contributed by atoms with Crippen LogP contribution in [-0.2, 0) is 17.6 Å². The van der Waals surface area contributed by atoms with E-state index in [1.165, 1.54) is 61.2 Å². The van der Waals surface area contributed by atoms with E-state index in [0.717, 1.165) is 30.5 Å². The molecule has 3 aromatic rings. The Morgan fingerprint density at radius 1 is 1.18 bits per heavy atom. The predicted molar refractivity (Wildman–Crippen MR) is 138 cm³/mol. The van der Waals surface area contributed by atoms with Crippen LogP contribution in [0.25, 0.3) is 11.0 Å². The standard InChI is InChI=1S/C27H36N4O.CH2O/c1-19(32)8-9-22-23(28-2)10-11-24-26(22)30-25(16-20-6-4-3-5-7-20)31(24)21-12-14-27(15-13-21)17-29-18-27;1-2/h3-7,10-11,19,21,28-29,32H,8-9,12-18H2,1-2H3;1H2. The number of hydrogen-bond acceptors (Lipinski definition) is 5. The van der Waals surface area contributed by atoms with Gasteiger partial charge in [-0.05, 0) is 68.6 Å². The van der Waals surface area contributed by atoms with Crippen molar-refractivity contribution in [1.82, 2.24) is 14.9 Å². The van der Waals surface area contributed by atoms with E-state index in [9.17, 15) is 5.11 Å². The van der Waals surface area contributed by atoms with E-state index in [2.05, 4.69) is 57.7 Å². The van der Waals surface area contributed by atoms with Gasteiger partial charge in [0.1, 0.15) is 12.6 Å². The zero-order valence-electron chi connectivity index (χ0n) is 20.5. The van der Waals surface area contributed by atoms with Gasteiger partial charge < -0.3 is 25.1 Å². The summed E-state index contributed by atoms with van der Waals surface area (Å²) in [4.78, 5) is 13.3. The minimum absolute atomic E-state index is 0.313. The lowest BCUT2D eigenvalue weighted by Gasteiger charge is -2.47. The van der Waals surface area contributed by atoms with Crippen LogP contribution in [0.5, 0.6) is 0 Å². The Bertz CT molecular complexity index is 1080. The normalized spacial score (nSPS) is 18.2. The molecule has 2 heterocycles. The molecular formula is C28H38N4O2. The topological polar surface area (TPSA) is 79.2 Å². The molecule has 0 bridgehead atoms. The maximum absolute atomic E-state index is 9.93. The maximum Gasteiger partial charge on any atom is 0.114 e. The molecule has 6 heteroatoms. The van der Waals surface area contributed by atoms with Gasteiger partial charge in [0.15, 0.2) is 0 Å². The summed E-state index contributed by atoms with van der Waals surface area (Å²) >= 11 is 0. The van der Waals surface area contributed by atoms with Gasteiger partial charge in [-0.2, -0.15) is 0 Å². The fraction of sp³-hybridized carbons (Fsp3) is 0.500. The number of aliphatic hydroxyl groups excluding tert-OH is 1. The Balaban J connectivity index is 0.00000133. The highest BCUT2D eigenvalue weighted by Gasteiger charge is 2.41. The monoisotopic (exact) mass is 462 g/mol.